The van der Waals surface area contributed by atoms with Crippen molar-refractivity contribution in [1.82, 2.24) is 0 Å². The summed E-state index contributed by atoms with van der Waals surface area (Å²) in [6.07, 6.45) is 4.76. The second-order valence-corrected chi connectivity index (χ2v) is 6.75. The quantitative estimate of drug-likeness (QED) is 0.892. The molecule has 1 aromatic rings. The molecule has 0 bridgehead atoms. The van der Waals surface area contributed by atoms with Gasteiger partial charge in [-0.1, -0.05) is 31.4 Å². The molecule has 0 aromatic heterocycles. The number of benzene rings is 1. The van der Waals surface area contributed by atoms with Gasteiger partial charge in [-0.25, -0.2) is 0 Å². The van der Waals surface area contributed by atoms with Crippen LogP contribution >= 0.6 is 11.6 Å². The van der Waals surface area contributed by atoms with E-state index in [1.807, 2.05) is 31.1 Å². The summed E-state index contributed by atoms with van der Waals surface area (Å²) in [6, 6.07) is 5.46. The van der Waals surface area contributed by atoms with Gasteiger partial charge in [0.1, 0.15) is 6.61 Å². The Balaban J connectivity index is 1.90. The Bertz CT molecular complexity index is 519. The first kappa shape index (κ1) is 17.1. The zero-order valence-corrected chi connectivity index (χ0v) is 14.3. The Morgan fingerprint density at radius 2 is 2.18 bits per heavy atom. The van der Waals surface area contributed by atoms with Crippen LogP contribution in [0.1, 0.15) is 32.6 Å². The van der Waals surface area contributed by atoms with E-state index in [2.05, 4.69) is 12.2 Å². The summed E-state index contributed by atoms with van der Waals surface area (Å²) in [4.78, 5) is 14.1. The average molecular weight is 325 g/mol. The van der Waals surface area contributed by atoms with Crippen LogP contribution in [0.5, 0.6) is 0 Å². The summed E-state index contributed by atoms with van der Waals surface area (Å²) in [6.45, 7) is 2.34. The maximum atomic E-state index is 12.1. The molecule has 5 heteroatoms. The number of hydrogen-bond acceptors (Lipinski definition) is 3. The van der Waals surface area contributed by atoms with Crippen molar-refractivity contribution >= 4 is 28.9 Å². The molecule has 4 nitrogen and oxygen atoms in total. The van der Waals surface area contributed by atoms with Crippen molar-refractivity contribution in [3.63, 3.8) is 0 Å². The standard InChI is InChI=1S/C17H25ClN2O2/c1-12-5-4-6-14(9-12)22-11-17(21)19-15-10-13(18)7-8-16(15)20(2)3/h7-8,10,12,14H,4-6,9,11H2,1-3H3,(H,19,21). The maximum Gasteiger partial charge on any atom is 0.250 e. The number of rotatable bonds is 5. The number of nitrogens with zero attached hydrogens (tertiary/aromatic N) is 1. The van der Waals surface area contributed by atoms with Crippen LogP contribution in [0.25, 0.3) is 0 Å². The fourth-order valence-corrected chi connectivity index (χ4v) is 3.08. The smallest absolute Gasteiger partial charge is 0.250 e. The number of carbonyl (C=O) groups is 1. The maximum absolute atomic E-state index is 12.1. The minimum absolute atomic E-state index is 0.0940. The molecule has 2 rings (SSSR count). The van der Waals surface area contributed by atoms with Crippen LogP contribution in [0.2, 0.25) is 5.02 Å². The topological polar surface area (TPSA) is 41.6 Å². The molecular weight excluding hydrogens is 300 g/mol. The van der Waals surface area contributed by atoms with Crippen molar-refractivity contribution in [2.24, 2.45) is 5.92 Å². The molecular formula is C17H25ClN2O2. The minimum Gasteiger partial charge on any atom is -0.376 e. The van der Waals surface area contributed by atoms with E-state index in [9.17, 15) is 4.79 Å². The molecule has 22 heavy (non-hydrogen) atoms. The van der Waals surface area contributed by atoms with Gasteiger partial charge >= 0.3 is 0 Å². The van der Waals surface area contributed by atoms with Crippen LogP contribution < -0.4 is 10.2 Å². The number of nitrogens with one attached hydrogen (secondary N) is 1. The fourth-order valence-electron chi connectivity index (χ4n) is 2.91. The molecule has 122 valence electrons. The zero-order valence-electron chi connectivity index (χ0n) is 13.6. The average Bonchev–Trinajstić information content (AvgIpc) is 2.45. The van der Waals surface area contributed by atoms with Crippen LogP contribution in [0.15, 0.2) is 18.2 Å². The van der Waals surface area contributed by atoms with E-state index in [1.54, 1.807) is 6.07 Å². The van der Waals surface area contributed by atoms with Crippen LogP contribution in [0.4, 0.5) is 11.4 Å². The summed E-state index contributed by atoms with van der Waals surface area (Å²) in [5.41, 5.74) is 1.63. The predicted octanol–water partition coefficient (Wildman–Crippen LogP) is 3.94. The molecule has 1 aliphatic carbocycles. The zero-order chi connectivity index (χ0) is 16.1. The highest BCUT2D eigenvalue weighted by molar-refractivity contribution is 6.31. The van der Waals surface area contributed by atoms with Crippen LogP contribution in [-0.4, -0.2) is 32.7 Å². The SMILES string of the molecule is CC1CCCC(OCC(=O)Nc2cc(Cl)ccc2N(C)C)C1. The monoisotopic (exact) mass is 324 g/mol. The van der Waals surface area contributed by atoms with Crippen molar-refractivity contribution < 1.29 is 9.53 Å². The van der Waals surface area contributed by atoms with Gasteiger partial charge in [0, 0.05) is 19.1 Å². The first-order chi connectivity index (χ1) is 10.5. The van der Waals surface area contributed by atoms with Gasteiger partial charge in [-0.15, -0.1) is 0 Å². The molecule has 1 saturated carbocycles. The molecule has 0 heterocycles. The van der Waals surface area contributed by atoms with Gasteiger partial charge in [-0.05, 0) is 37.0 Å². The number of ether oxygens (including phenoxy) is 1. The van der Waals surface area contributed by atoms with Gasteiger partial charge in [-0.2, -0.15) is 0 Å². The molecule has 0 aliphatic heterocycles. The second-order valence-electron chi connectivity index (χ2n) is 6.31. The summed E-state index contributed by atoms with van der Waals surface area (Å²) < 4.78 is 5.76. The Morgan fingerprint density at radius 1 is 1.41 bits per heavy atom. The summed E-state index contributed by atoms with van der Waals surface area (Å²) in [5, 5.41) is 3.49. The van der Waals surface area contributed by atoms with E-state index in [1.165, 1.54) is 12.8 Å². The lowest BCUT2D eigenvalue weighted by molar-refractivity contribution is -0.123. The van der Waals surface area contributed by atoms with E-state index in [4.69, 9.17) is 16.3 Å². The predicted molar refractivity (Wildman–Crippen MR) is 91.8 cm³/mol. The first-order valence-electron chi connectivity index (χ1n) is 7.84. The van der Waals surface area contributed by atoms with Gasteiger partial charge in [0.2, 0.25) is 5.91 Å². The van der Waals surface area contributed by atoms with Crippen molar-refractivity contribution in [1.29, 1.82) is 0 Å². The second kappa shape index (κ2) is 7.84. The number of anilines is 2. The Kier molecular flexibility index (Phi) is 6.09. The number of hydrogen-bond donors (Lipinski definition) is 1. The molecule has 2 atom stereocenters. The summed E-state index contributed by atoms with van der Waals surface area (Å²) in [7, 11) is 3.86. The molecule has 0 spiro atoms. The van der Waals surface area contributed by atoms with Gasteiger partial charge in [0.25, 0.3) is 0 Å². The lowest BCUT2D eigenvalue weighted by Gasteiger charge is -2.26. The minimum atomic E-state index is -0.136. The third kappa shape index (κ3) is 4.89. The van der Waals surface area contributed by atoms with E-state index in [0.717, 1.165) is 18.5 Å². The van der Waals surface area contributed by atoms with E-state index in [-0.39, 0.29) is 18.6 Å². The molecule has 0 saturated heterocycles. The number of carbonyl (C=O) groups excluding carboxylic acids is 1. The van der Waals surface area contributed by atoms with Crippen LogP contribution in [0, 0.1) is 5.92 Å². The van der Waals surface area contributed by atoms with Crippen LogP contribution in [-0.2, 0) is 9.53 Å². The number of halogens is 1. The Labute approximate surface area is 137 Å². The molecule has 1 N–H and O–H groups in total. The molecule has 1 fully saturated rings. The van der Waals surface area contributed by atoms with E-state index >= 15 is 0 Å². The number of amides is 1. The molecule has 2 unspecified atom stereocenters. The van der Waals surface area contributed by atoms with Gasteiger partial charge < -0.3 is 15.0 Å². The van der Waals surface area contributed by atoms with Gasteiger partial charge in [-0.3, -0.25) is 4.79 Å². The van der Waals surface area contributed by atoms with Crippen molar-refractivity contribution in [3.8, 4) is 0 Å². The fraction of sp³-hybridized carbons (Fsp3) is 0.588. The third-order valence-electron chi connectivity index (χ3n) is 4.05. The van der Waals surface area contributed by atoms with E-state index < -0.39 is 0 Å². The highest BCUT2D eigenvalue weighted by Gasteiger charge is 2.20. The molecule has 1 amide bonds. The summed E-state index contributed by atoms with van der Waals surface area (Å²) >= 11 is 6.02. The van der Waals surface area contributed by atoms with Gasteiger partial charge in [0.15, 0.2) is 0 Å². The first-order valence-corrected chi connectivity index (χ1v) is 8.22. The highest BCUT2D eigenvalue weighted by Crippen LogP contribution is 2.28. The third-order valence-corrected chi connectivity index (χ3v) is 4.29. The Hall–Kier alpha value is -1.26. The Morgan fingerprint density at radius 3 is 2.86 bits per heavy atom. The lowest BCUT2D eigenvalue weighted by Crippen LogP contribution is -2.27. The van der Waals surface area contributed by atoms with Crippen molar-refractivity contribution in [2.45, 2.75) is 38.7 Å². The lowest BCUT2D eigenvalue weighted by atomic mass is 9.89. The molecule has 1 aromatic carbocycles. The highest BCUT2D eigenvalue weighted by atomic mass is 35.5. The van der Waals surface area contributed by atoms with Crippen molar-refractivity contribution in [2.75, 3.05) is 30.9 Å². The van der Waals surface area contributed by atoms with Crippen LogP contribution in [0.3, 0.4) is 0 Å². The van der Waals surface area contributed by atoms with E-state index in [0.29, 0.717) is 16.6 Å². The largest absolute Gasteiger partial charge is 0.376 e. The summed E-state index contributed by atoms with van der Waals surface area (Å²) in [5.74, 6) is 0.554. The van der Waals surface area contributed by atoms with Crippen molar-refractivity contribution in [3.05, 3.63) is 23.2 Å². The normalized spacial score (nSPS) is 21.5. The molecule has 1 aliphatic rings. The van der Waals surface area contributed by atoms with Gasteiger partial charge in [0.05, 0.1) is 17.5 Å². The molecule has 0 radical (unpaired) electrons.